The Hall–Kier alpha value is -1.89. The molecule has 108 valence electrons. The molecule has 0 fully saturated rings. The predicted octanol–water partition coefficient (Wildman–Crippen LogP) is 2.39. The van der Waals surface area contributed by atoms with Gasteiger partial charge in [0.15, 0.2) is 0 Å². The number of hydrogen-bond donors (Lipinski definition) is 1. The van der Waals surface area contributed by atoms with Gasteiger partial charge in [0.05, 0.1) is 4.88 Å². The lowest BCUT2D eigenvalue weighted by molar-refractivity contribution is 0.203. The van der Waals surface area contributed by atoms with Gasteiger partial charge in [-0.15, -0.1) is 11.3 Å². The van der Waals surface area contributed by atoms with Gasteiger partial charge in [0, 0.05) is 26.1 Å². The molecule has 2 aromatic rings. The third-order valence-corrected chi connectivity index (χ3v) is 3.74. The zero-order chi connectivity index (χ0) is 14.4. The van der Waals surface area contributed by atoms with Crippen molar-refractivity contribution in [2.24, 2.45) is 0 Å². The van der Waals surface area contributed by atoms with Crippen LogP contribution in [-0.2, 0) is 6.42 Å². The number of thiophene rings is 1. The number of carbonyl (C=O) groups is 1. The highest BCUT2D eigenvalue weighted by molar-refractivity contribution is 7.13. The lowest BCUT2D eigenvalue weighted by Gasteiger charge is -2.18. The lowest BCUT2D eigenvalue weighted by Crippen LogP contribution is -2.40. The van der Waals surface area contributed by atoms with E-state index < -0.39 is 0 Å². The summed E-state index contributed by atoms with van der Waals surface area (Å²) >= 11 is 1.57. The van der Waals surface area contributed by atoms with Crippen LogP contribution in [-0.4, -0.2) is 40.7 Å². The maximum absolute atomic E-state index is 11.7. The molecule has 7 heteroatoms. The van der Waals surface area contributed by atoms with Crippen molar-refractivity contribution in [2.45, 2.75) is 20.3 Å². The summed E-state index contributed by atoms with van der Waals surface area (Å²) in [4.78, 5) is 18.7. The van der Waals surface area contributed by atoms with Crippen LogP contribution in [0.25, 0.3) is 10.7 Å². The first-order valence-corrected chi connectivity index (χ1v) is 7.51. The van der Waals surface area contributed by atoms with Gasteiger partial charge in [0.2, 0.25) is 11.7 Å². The van der Waals surface area contributed by atoms with Gasteiger partial charge in [-0.25, -0.2) is 4.79 Å². The summed E-state index contributed by atoms with van der Waals surface area (Å²) in [6, 6.07) is 3.83. The average Bonchev–Trinajstić information content (AvgIpc) is 3.10. The molecule has 6 nitrogen and oxygen atoms in total. The molecule has 0 bridgehead atoms. The summed E-state index contributed by atoms with van der Waals surface area (Å²) in [7, 11) is 0. The number of hydrogen-bond acceptors (Lipinski definition) is 5. The predicted molar refractivity (Wildman–Crippen MR) is 77.6 cm³/mol. The van der Waals surface area contributed by atoms with Crippen molar-refractivity contribution >= 4 is 17.4 Å². The molecule has 0 aromatic carbocycles. The normalized spacial score (nSPS) is 10.5. The summed E-state index contributed by atoms with van der Waals surface area (Å²) in [5.74, 6) is 1.14. The van der Waals surface area contributed by atoms with Crippen molar-refractivity contribution in [1.82, 2.24) is 20.4 Å². The van der Waals surface area contributed by atoms with E-state index in [-0.39, 0.29) is 6.03 Å². The average molecular weight is 294 g/mol. The standard InChI is InChI=1S/C13H18N4O2S/c1-3-17(4-2)13(18)14-8-7-11-15-12(16-19-11)10-6-5-9-20-10/h5-6,9H,3-4,7-8H2,1-2H3,(H,14,18). The minimum atomic E-state index is -0.0620. The molecule has 20 heavy (non-hydrogen) atoms. The first kappa shape index (κ1) is 14.5. The monoisotopic (exact) mass is 294 g/mol. The minimum absolute atomic E-state index is 0.0620. The molecular formula is C13H18N4O2S. The highest BCUT2D eigenvalue weighted by atomic mass is 32.1. The van der Waals surface area contributed by atoms with Crippen LogP contribution in [0, 0.1) is 0 Å². The van der Waals surface area contributed by atoms with Gasteiger partial charge in [-0.1, -0.05) is 11.2 Å². The molecule has 2 amide bonds. The van der Waals surface area contributed by atoms with E-state index >= 15 is 0 Å². The Balaban J connectivity index is 1.82. The second kappa shape index (κ2) is 7.04. The number of nitrogens with one attached hydrogen (secondary N) is 1. The number of rotatable bonds is 6. The SMILES string of the molecule is CCN(CC)C(=O)NCCc1nc(-c2cccs2)no1. The fraction of sp³-hybridized carbons (Fsp3) is 0.462. The largest absolute Gasteiger partial charge is 0.339 e. The van der Waals surface area contributed by atoms with Crippen molar-refractivity contribution in [1.29, 1.82) is 0 Å². The van der Waals surface area contributed by atoms with Crippen LogP contribution in [0.4, 0.5) is 4.79 Å². The highest BCUT2D eigenvalue weighted by Crippen LogP contribution is 2.21. The van der Waals surface area contributed by atoms with E-state index in [0.29, 0.717) is 37.8 Å². The van der Waals surface area contributed by atoms with Crippen LogP contribution in [0.3, 0.4) is 0 Å². The van der Waals surface area contributed by atoms with E-state index in [0.717, 1.165) is 4.88 Å². The molecular weight excluding hydrogens is 276 g/mol. The molecule has 1 N–H and O–H groups in total. The van der Waals surface area contributed by atoms with Crippen molar-refractivity contribution < 1.29 is 9.32 Å². The molecule has 0 saturated heterocycles. The van der Waals surface area contributed by atoms with Crippen LogP contribution >= 0.6 is 11.3 Å². The summed E-state index contributed by atoms with van der Waals surface area (Å²) in [5.41, 5.74) is 0. The number of nitrogens with zero attached hydrogens (tertiary/aromatic N) is 3. The van der Waals surface area contributed by atoms with Gasteiger partial charge in [-0.3, -0.25) is 0 Å². The maximum atomic E-state index is 11.7. The fourth-order valence-electron chi connectivity index (χ4n) is 1.76. The highest BCUT2D eigenvalue weighted by Gasteiger charge is 2.11. The van der Waals surface area contributed by atoms with E-state index in [1.807, 2.05) is 31.4 Å². The van der Waals surface area contributed by atoms with Gasteiger partial charge >= 0.3 is 6.03 Å². The Labute approximate surface area is 121 Å². The Morgan fingerprint density at radius 3 is 2.90 bits per heavy atom. The van der Waals surface area contributed by atoms with Crippen molar-refractivity contribution in [2.75, 3.05) is 19.6 Å². The van der Waals surface area contributed by atoms with Crippen molar-refractivity contribution in [3.05, 3.63) is 23.4 Å². The van der Waals surface area contributed by atoms with Gasteiger partial charge in [-0.2, -0.15) is 4.98 Å². The molecule has 0 atom stereocenters. The number of amides is 2. The Kier molecular flexibility index (Phi) is 5.11. The molecule has 0 spiro atoms. The van der Waals surface area contributed by atoms with E-state index in [9.17, 15) is 4.79 Å². The zero-order valence-corrected chi connectivity index (χ0v) is 12.4. The molecule has 0 saturated carbocycles. The second-order valence-electron chi connectivity index (χ2n) is 4.14. The third-order valence-electron chi connectivity index (χ3n) is 2.88. The topological polar surface area (TPSA) is 71.3 Å². The minimum Gasteiger partial charge on any atom is -0.339 e. The van der Waals surface area contributed by atoms with E-state index in [2.05, 4.69) is 15.5 Å². The van der Waals surface area contributed by atoms with Crippen LogP contribution in [0.15, 0.2) is 22.0 Å². The first-order chi connectivity index (χ1) is 9.74. The first-order valence-electron chi connectivity index (χ1n) is 6.63. The van der Waals surface area contributed by atoms with E-state index in [1.165, 1.54) is 0 Å². The van der Waals surface area contributed by atoms with E-state index in [1.54, 1.807) is 16.2 Å². The molecule has 0 radical (unpaired) electrons. The number of urea groups is 1. The summed E-state index contributed by atoms with van der Waals surface area (Å²) in [6.45, 7) is 5.79. The zero-order valence-electron chi connectivity index (χ0n) is 11.6. The Bertz CT molecular complexity index is 534. The van der Waals surface area contributed by atoms with Gasteiger partial charge < -0.3 is 14.7 Å². The molecule has 0 aliphatic carbocycles. The van der Waals surface area contributed by atoms with Crippen LogP contribution < -0.4 is 5.32 Å². The van der Waals surface area contributed by atoms with Gasteiger partial charge in [0.1, 0.15) is 0 Å². The summed E-state index contributed by atoms with van der Waals surface area (Å²) in [5, 5.41) is 8.73. The number of carbonyl (C=O) groups excluding carboxylic acids is 1. The molecule has 0 aliphatic heterocycles. The molecule has 2 aromatic heterocycles. The summed E-state index contributed by atoms with van der Waals surface area (Å²) < 4.78 is 5.16. The van der Waals surface area contributed by atoms with Crippen LogP contribution in [0.5, 0.6) is 0 Å². The van der Waals surface area contributed by atoms with Crippen LogP contribution in [0.1, 0.15) is 19.7 Å². The fourth-order valence-corrected chi connectivity index (χ4v) is 2.41. The molecule has 2 rings (SSSR count). The van der Waals surface area contributed by atoms with Gasteiger partial charge in [-0.05, 0) is 25.3 Å². The van der Waals surface area contributed by atoms with E-state index in [4.69, 9.17) is 4.52 Å². The number of aromatic nitrogens is 2. The Morgan fingerprint density at radius 2 is 2.25 bits per heavy atom. The lowest BCUT2D eigenvalue weighted by atomic mass is 10.4. The Morgan fingerprint density at radius 1 is 1.45 bits per heavy atom. The molecule has 0 unspecified atom stereocenters. The van der Waals surface area contributed by atoms with Crippen molar-refractivity contribution in [3.8, 4) is 10.7 Å². The van der Waals surface area contributed by atoms with Crippen LogP contribution in [0.2, 0.25) is 0 Å². The van der Waals surface area contributed by atoms with Gasteiger partial charge in [0.25, 0.3) is 0 Å². The quantitative estimate of drug-likeness (QED) is 0.888. The second-order valence-corrected chi connectivity index (χ2v) is 5.09. The molecule has 2 heterocycles. The summed E-state index contributed by atoms with van der Waals surface area (Å²) in [6.07, 6.45) is 0.533. The third kappa shape index (κ3) is 3.57. The van der Waals surface area contributed by atoms with Crippen molar-refractivity contribution in [3.63, 3.8) is 0 Å². The molecule has 0 aliphatic rings. The maximum Gasteiger partial charge on any atom is 0.317 e. The smallest absolute Gasteiger partial charge is 0.317 e.